The standard InChI is InChI=1S/C16H17FN2O2/c1-11-6-7-15(12(8-11)9-18)21-10-16(20)19-14-5-3-2-4-13(14)17/h2-8H,9-10,18H2,1H3,(H,19,20). The molecule has 0 aliphatic rings. The van der Waals surface area contributed by atoms with Crippen molar-refractivity contribution in [2.24, 2.45) is 5.73 Å². The molecule has 0 aliphatic heterocycles. The van der Waals surface area contributed by atoms with Gasteiger partial charge in [0.25, 0.3) is 5.91 Å². The molecular formula is C16H17FN2O2. The van der Waals surface area contributed by atoms with Crippen molar-refractivity contribution in [1.82, 2.24) is 0 Å². The third-order valence-electron chi connectivity index (χ3n) is 2.94. The fourth-order valence-electron chi connectivity index (χ4n) is 1.90. The number of ether oxygens (including phenoxy) is 1. The number of rotatable bonds is 5. The van der Waals surface area contributed by atoms with Crippen molar-refractivity contribution in [3.05, 3.63) is 59.4 Å². The van der Waals surface area contributed by atoms with Crippen molar-refractivity contribution in [2.45, 2.75) is 13.5 Å². The first-order chi connectivity index (χ1) is 10.1. The Labute approximate surface area is 122 Å². The monoisotopic (exact) mass is 288 g/mol. The fourth-order valence-corrected chi connectivity index (χ4v) is 1.90. The molecule has 1 amide bonds. The maximum Gasteiger partial charge on any atom is 0.262 e. The van der Waals surface area contributed by atoms with Crippen LogP contribution in [0, 0.1) is 12.7 Å². The summed E-state index contributed by atoms with van der Waals surface area (Å²) >= 11 is 0. The number of amides is 1. The summed E-state index contributed by atoms with van der Waals surface area (Å²) < 4.78 is 18.8. The number of benzene rings is 2. The molecule has 2 aromatic rings. The summed E-state index contributed by atoms with van der Waals surface area (Å²) in [6.45, 7) is 2.07. The average Bonchev–Trinajstić information content (AvgIpc) is 2.48. The summed E-state index contributed by atoms with van der Waals surface area (Å²) in [4.78, 5) is 11.8. The number of aryl methyl sites for hydroxylation is 1. The van der Waals surface area contributed by atoms with E-state index < -0.39 is 11.7 Å². The van der Waals surface area contributed by atoms with E-state index in [1.165, 1.54) is 12.1 Å². The Morgan fingerprint density at radius 3 is 2.76 bits per heavy atom. The summed E-state index contributed by atoms with van der Waals surface area (Å²) in [5.74, 6) is -0.348. The van der Waals surface area contributed by atoms with Crippen LogP contribution in [0.4, 0.5) is 10.1 Å². The number of nitrogens with two attached hydrogens (primary N) is 1. The minimum atomic E-state index is -0.483. The Balaban J connectivity index is 1.97. The van der Waals surface area contributed by atoms with E-state index in [1.807, 2.05) is 19.1 Å². The van der Waals surface area contributed by atoms with Gasteiger partial charge < -0.3 is 15.8 Å². The van der Waals surface area contributed by atoms with Gasteiger partial charge in [-0.15, -0.1) is 0 Å². The zero-order valence-corrected chi connectivity index (χ0v) is 11.7. The van der Waals surface area contributed by atoms with E-state index >= 15 is 0 Å². The molecule has 0 bridgehead atoms. The maximum absolute atomic E-state index is 13.4. The van der Waals surface area contributed by atoms with Crippen LogP contribution in [0.3, 0.4) is 0 Å². The molecule has 0 spiro atoms. The van der Waals surface area contributed by atoms with Crippen molar-refractivity contribution in [1.29, 1.82) is 0 Å². The molecule has 3 N–H and O–H groups in total. The molecule has 0 radical (unpaired) electrons. The first-order valence-corrected chi connectivity index (χ1v) is 6.57. The van der Waals surface area contributed by atoms with Crippen LogP contribution in [-0.4, -0.2) is 12.5 Å². The highest BCUT2D eigenvalue weighted by Crippen LogP contribution is 2.19. The molecule has 0 aromatic heterocycles. The molecule has 0 fully saturated rings. The predicted molar refractivity (Wildman–Crippen MR) is 79.6 cm³/mol. The van der Waals surface area contributed by atoms with Crippen LogP contribution in [0.1, 0.15) is 11.1 Å². The SMILES string of the molecule is Cc1ccc(OCC(=O)Nc2ccccc2F)c(CN)c1. The first-order valence-electron chi connectivity index (χ1n) is 6.57. The number of hydrogen-bond acceptors (Lipinski definition) is 3. The zero-order chi connectivity index (χ0) is 15.2. The van der Waals surface area contributed by atoms with Crippen molar-refractivity contribution in [2.75, 3.05) is 11.9 Å². The lowest BCUT2D eigenvalue weighted by Crippen LogP contribution is -2.21. The number of nitrogens with one attached hydrogen (secondary N) is 1. The second kappa shape index (κ2) is 6.85. The Hall–Kier alpha value is -2.40. The van der Waals surface area contributed by atoms with Gasteiger partial charge in [-0.1, -0.05) is 29.8 Å². The normalized spacial score (nSPS) is 10.2. The summed E-state index contributed by atoms with van der Waals surface area (Å²) in [5.41, 5.74) is 7.67. The number of hydrogen-bond donors (Lipinski definition) is 2. The van der Waals surface area contributed by atoms with Gasteiger partial charge in [0.2, 0.25) is 0 Å². The molecule has 21 heavy (non-hydrogen) atoms. The Bertz CT molecular complexity index is 644. The molecule has 110 valence electrons. The number of para-hydroxylation sites is 1. The highest BCUT2D eigenvalue weighted by atomic mass is 19.1. The molecule has 2 aromatic carbocycles. The van der Waals surface area contributed by atoms with Crippen LogP contribution in [-0.2, 0) is 11.3 Å². The molecule has 0 unspecified atom stereocenters. The van der Waals surface area contributed by atoms with Gasteiger partial charge in [0.05, 0.1) is 5.69 Å². The van der Waals surface area contributed by atoms with Crippen LogP contribution >= 0.6 is 0 Å². The molecular weight excluding hydrogens is 271 g/mol. The molecule has 2 rings (SSSR count). The van der Waals surface area contributed by atoms with E-state index in [9.17, 15) is 9.18 Å². The Morgan fingerprint density at radius 1 is 1.29 bits per heavy atom. The van der Waals surface area contributed by atoms with Gasteiger partial charge in [-0.25, -0.2) is 4.39 Å². The molecule has 0 saturated carbocycles. The Kier molecular flexibility index (Phi) is 4.90. The van der Waals surface area contributed by atoms with E-state index in [4.69, 9.17) is 10.5 Å². The van der Waals surface area contributed by atoms with Gasteiger partial charge in [0, 0.05) is 12.1 Å². The van der Waals surface area contributed by atoms with Crippen LogP contribution in [0.25, 0.3) is 0 Å². The summed E-state index contributed by atoms with van der Waals surface area (Å²) in [6.07, 6.45) is 0. The van der Waals surface area contributed by atoms with E-state index in [1.54, 1.807) is 18.2 Å². The largest absolute Gasteiger partial charge is 0.483 e. The van der Waals surface area contributed by atoms with Gasteiger partial charge in [0.15, 0.2) is 6.61 Å². The van der Waals surface area contributed by atoms with Gasteiger partial charge in [-0.3, -0.25) is 4.79 Å². The first kappa shape index (κ1) is 15.0. The Morgan fingerprint density at radius 2 is 2.05 bits per heavy atom. The van der Waals surface area contributed by atoms with E-state index in [2.05, 4.69) is 5.32 Å². The molecule has 0 aliphatic carbocycles. The summed E-state index contributed by atoms with van der Waals surface area (Å²) in [7, 11) is 0. The van der Waals surface area contributed by atoms with Crippen molar-refractivity contribution in [3.63, 3.8) is 0 Å². The predicted octanol–water partition coefficient (Wildman–Crippen LogP) is 2.61. The molecule has 5 heteroatoms. The summed E-state index contributed by atoms with van der Waals surface area (Å²) in [5, 5.41) is 2.46. The van der Waals surface area contributed by atoms with Crippen LogP contribution in [0.15, 0.2) is 42.5 Å². The molecule has 0 heterocycles. The van der Waals surface area contributed by atoms with Gasteiger partial charge in [-0.2, -0.15) is 0 Å². The van der Waals surface area contributed by atoms with Crippen molar-refractivity contribution >= 4 is 11.6 Å². The average molecular weight is 288 g/mol. The van der Waals surface area contributed by atoms with E-state index in [-0.39, 0.29) is 12.3 Å². The molecule has 4 nitrogen and oxygen atoms in total. The lowest BCUT2D eigenvalue weighted by molar-refractivity contribution is -0.118. The second-order valence-corrected chi connectivity index (χ2v) is 4.63. The van der Waals surface area contributed by atoms with E-state index in [0.29, 0.717) is 12.3 Å². The second-order valence-electron chi connectivity index (χ2n) is 4.63. The van der Waals surface area contributed by atoms with Crippen molar-refractivity contribution in [3.8, 4) is 5.75 Å². The van der Waals surface area contributed by atoms with Crippen LogP contribution in [0.2, 0.25) is 0 Å². The third-order valence-corrected chi connectivity index (χ3v) is 2.94. The lowest BCUT2D eigenvalue weighted by Gasteiger charge is -2.11. The lowest BCUT2D eigenvalue weighted by atomic mass is 10.1. The highest BCUT2D eigenvalue weighted by molar-refractivity contribution is 5.91. The minimum absolute atomic E-state index is 0.133. The van der Waals surface area contributed by atoms with Crippen LogP contribution in [0.5, 0.6) is 5.75 Å². The topological polar surface area (TPSA) is 64.3 Å². The number of carbonyl (C=O) groups is 1. The fraction of sp³-hybridized carbons (Fsp3) is 0.188. The summed E-state index contributed by atoms with van der Waals surface area (Å²) in [6, 6.07) is 11.5. The van der Waals surface area contributed by atoms with Gasteiger partial charge in [0.1, 0.15) is 11.6 Å². The minimum Gasteiger partial charge on any atom is -0.483 e. The van der Waals surface area contributed by atoms with E-state index in [0.717, 1.165) is 11.1 Å². The van der Waals surface area contributed by atoms with Gasteiger partial charge >= 0.3 is 0 Å². The number of carbonyl (C=O) groups excluding carboxylic acids is 1. The van der Waals surface area contributed by atoms with Gasteiger partial charge in [-0.05, 0) is 25.1 Å². The number of anilines is 1. The smallest absolute Gasteiger partial charge is 0.262 e. The quantitative estimate of drug-likeness (QED) is 0.889. The van der Waals surface area contributed by atoms with Crippen molar-refractivity contribution < 1.29 is 13.9 Å². The van der Waals surface area contributed by atoms with Crippen LogP contribution < -0.4 is 15.8 Å². The zero-order valence-electron chi connectivity index (χ0n) is 11.7. The maximum atomic E-state index is 13.4. The molecule has 0 saturated heterocycles. The number of halogens is 1. The highest BCUT2D eigenvalue weighted by Gasteiger charge is 2.09. The molecule has 0 atom stereocenters. The third kappa shape index (κ3) is 4.03.